The summed E-state index contributed by atoms with van der Waals surface area (Å²) in [5, 5.41) is 3.58. The molecule has 2 saturated carbocycles. The number of ether oxygens (including phenoxy) is 1. The van der Waals surface area contributed by atoms with E-state index in [1.54, 1.807) is 19.5 Å². The first-order chi connectivity index (χ1) is 8.86. The maximum Gasteiger partial charge on any atom is 0.237 e. The molecule has 3 unspecified atom stereocenters. The summed E-state index contributed by atoms with van der Waals surface area (Å²) < 4.78 is 5.36. The summed E-state index contributed by atoms with van der Waals surface area (Å²) in [7, 11) is 1.67. The number of nitrogens with one attached hydrogen (secondary N) is 1. The van der Waals surface area contributed by atoms with Gasteiger partial charge in [-0.05, 0) is 37.1 Å². The first-order valence-electron chi connectivity index (χ1n) is 6.95. The molecule has 0 saturated heterocycles. The van der Waals surface area contributed by atoms with Crippen LogP contribution in [-0.2, 0) is 0 Å². The largest absolute Gasteiger partial charge is 0.480 e. The van der Waals surface area contributed by atoms with Gasteiger partial charge in [0.2, 0.25) is 5.88 Å². The molecule has 3 rings (SSSR count). The molecule has 2 aliphatic carbocycles. The minimum Gasteiger partial charge on any atom is -0.480 e. The number of hydrogen-bond acceptors (Lipinski definition) is 4. The van der Waals surface area contributed by atoms with Crippen LogP contribution in [0.25, 0.3) is 0 Å². The molecule has 0 radical (unpaired) electrons. The van der Waals surface area contributed by atoms with E-state index in [1.165, 1.54) is 19.3 Å². The fourth-order valence-electron chi connectivity index (χ4n) is 3.71. The summed E-state index contributed by atoms with van der Waals surface area (Å²) in [6.07, 6.45) is 7.64. The zero-order chi connectivity index (χ0) is 12.5. The van der Waals surface area contributed by atoms with Crippen molar-refractivity contribution in [1.29, 1.82) is 0 Å². The maximum atomic E-state index is 5.36. The molecule has 18 heavy (non-hydrogen) atoms. The molecule has 0 aliphatic heterocycles. The average Bonchev–Trinajstić information content (AvgIpc) is 2.87. The molecule has 1 N–H and O–H groups in total. The molecule has 4 nitrogen and oxygen atoms in total. The van der Waals surface area contributed by atoms with E-state index in [4.69, 9.17) is 4.74 Å². The molecular weight excluding hydrogens is 226 g/mol. The minimum absolute atomic E-state index is 0.314. The monoisotopic (exact) mass is 247 g/mol. The van der Waals surface area contributed by atoms with Crippen molar-refractivity contribution in [1.82, 2.24) is 15.3 Å². The number of rotatable bonds is 5. The van der Waals surface area contributed by atoms with E-state index in [0.29, 0.717) is 11.9 Å². The lowest BCUT2D eigenvalue weighted by molar-refractivity contribution is 0.358. The number of nitrogens with zero attached hydrogens (tertiary/aromatic N) is 2. The fraction of sp³-hybridized carbons (Fsp3) is 0.714. The van der Waals surface area contributed by atoms with Gasteiger partial charge < -0.3 is 10.1 Å². The maximum absolute atomic E-state index is 5.36. The predicted molar refractivity (Wildman–Crippen MR) is 69.3 cm³/mol. The molecule has 0 amide bonds. The number of fused-ring (bicyclic) bond motifs is 1. The molecule has 4 heteroatoms. The second-order valence-corrected chi connectivity index (χ2v) is 5.32. The summed E-state index contributed by atoms with van der Waals surface area (Å²) in [6.45, 7) is 3.11. The van der Waals surface area contributed by atoms with Crippen molar-refractivity contribution in [3.63, 3.8) is 0 Å². The predicted octanol–water partition coefficient (Wildman–Crippen LogP) is 2.18. The Morgan fingerprint density at radius 2 is 2.06 bits per heavy atom. The van der Waals surface area contributed by atoms with Crippen LogP contribution in [0.2, 0.25) is 0 Å². The lowest BCUT2D eigenvalue weighted by Gasteiger charge is -2.20. The third-order valence-electron chi connectivity index (χ3n) is 4.46. The second-order valence-electron chi connectivity index (χ2n) is 5.32. The Morgan fingerprint density at radius 3 is 2.72 bits per heavy atom. The molecule has 0 aromatic carbocycles. The minimum atomic E-state index is 0.314. The number of aromatic nitrogens is 2. The summed E-state index contributed by atoms with van der Waals surface area (Å²) in [5.41, 5.74) is 0.987. The van der Waals surface area contributed by atoms with E-state index in [9.17, 15) is 0 Å². The highest BCUT2D eigenvalue weighted by Crippen LogP contribution is 2.62. The smallest absolute Gasteiger partial charge is 0.237 e. The first kappa shape index (κ1) is 11.9. The molecule has 0 bridgehead atoms. The second kappa shape index (κ2) is 4.84. The highest BCUT2D eigenvalue weighted by molar-refractivity contribution is 5.25. The summed E-state index contributed by atoms with van der Waals surface area (Å²) in [4.78, 5) is 8.79. The van der Waals surface area contributed by atoms with Crippen molar-refractivity contribution < 1.29 is 4.74 Å². The van der Waals surface area contributed by atoms with E-state index in [0.717, 1.165) is 30.0 Å². The summed E-state index contributed by atoms with van der Waals surface area (Å²) in [6, 6.07) is 0.314. The van der Waals surface area contributed by atoms with Crippen molar-refractivity contribution in [2.75, 3.05) is 13.7 Å². The highest BCUT2D eigenvalue weighted by Gasteiger charge is 2.56. The summed E-state index contributed by atoms with van der Waals surface area (Å²) in [5.74, 6) is 3.22. The van der Waals surface area contributed by atoms with E-state index in [-0.39, 0.29) is 0 Å². The Labute approximate surface area is 108 Å². The normalized spacial score (nSPS) is 30.9. The van der Waals surface area contributed by atoms with Gasteiger partial charge in [0.15, 0.2) is 0 Å². The highest BCUT2D eigenvalue weighted by atomic mass is 16.5. The van der Waals surface area contributed by atoms with E-state index < -0.39 is 0 Å². The van der Waals surface area contributed by atoms with Crippen molar-refractivity contribution >= 4 is 0 Å². The average molecular weight is 247 g/mol. The zero-order valence-corrected chi connectivity index (χ0v) is 11.1. The summed E-state index contributed by atoms with van der Waals surface area (Å²) >= 11 is 0. The Kier molecular flexibility index (Phi) is 3.20. The molecule has 2 aliphatic rings. The third-order valence-corrected chi connectivity index (χ3v) is 4.46. The lowest BCUT2D eigenvalue weighted by atomic mass is 10.0. The Hall–Kier alpha value is -1.16. The van der Waals surface area contributed by atoms with Gasteiger partial charge in [0.05, 0.1) is 13.2 Å². The molecule has 98 valence electrons. The Balaban J connectivity index is 1.85. The number of hydrogen-bond donors (Lipinski definition) is 1. The molecule has 1 heterocycles. The van der Waals surface area contributed by atoms with Crippen LogP contribution in [0.5, 0.6) is 5.88 Å². The van der Waals surface area contributed by atoms with Crippen molar-refractivity contribution in [3.05, 3.63) is 18.1 Å². The van der Waals surface area contributed by atoms with Crippen molar-refractivity contribution in [2.24, 2.45) is 17.8 Å². The third kappa shape index (κ3) is 1.88. The molecule has 3 atom stereocenters. The van der Waals surface area contributed by atoms with Crippen molar-refractivity contribution in [3.8, 4) is 5.88 Å². The number of methoxy groups -OCH3 is 1. The van der Waals surface area contributed by atoms with Crippen LogP contribution in [0, 0.1) is 17.8 Å². The Morgan fingerprint density at radius 1 is 1.33 bits per heavy atom. The van der Waals surface area contributed by atoms with Crippen molar-refractivity contribution in [2.45, 2.75) is 32.2 Å². The van der Waals surface area contributed by atoms with Gasteiger partial charge in [-0.15, -0.1) is 0 Å². The van der Waals surface area contributed by atoms with Crippen LogP contribution in [0.15, 0.2) is 12.4 Å². The molecule has 2 fully saturated rings. The van der Waals surface area contributed by atoms with E-state index >= 15 is 0 Å². The van der Waals surface area contributed by atoms with Crippen LogP contribution in [0.4, 0.5) is 0 Å². The van der Waals surface area contributed by atoms with E-state index in [1.807, 2.05) is 0 Å². The lowest BCUT2D eigenvalue weighted by Crippen LogP contribution is -2.26. The molecule has 0 spiro atoms. The fourth-order valence-corrected chi connectivity index (χ4v) is 3.71. The van der Waals surface area contributed by atoms with E-state index in [2.05, 4.69) is 22.2 Å². The van der Waals surface area contributed by atoms with Gasteiger partial charge in [0.25, 0.3) is 0 Å². The van der Waals surface area contributed by atoms with Crippen LogP contribution < -0.4 is 10.1 Å². The van der Waals surface area contributed by atoms with Gasteiger partial charge in [-0.1, -0.05) is 13.3 Å². The molecule has 1 aromatic heterocycles. The van der Waals surface area contributed by atoms with Crippen LogP contribution in [0.1, 0.15) is 37.9 Å². The standard InChI is InChI=1S/C14H21N3O/c1-3-15-12(11-9-5-4-6-10(9)11)13-14(18-2)17-8-7-16-13/h7-12,15H,3-6H2,1-2H3. The van der Waals surface area contributed by atoms with Gasteiger partial charge in [-0.2, -0.15) is 0 Å². The zero-order valence-electron chi connectivity index (χ0n) is 11.1. The van der Waals surface area contributed by atoms with Gasteiger partial charge in [-0.25, -0.2) is 4.98 Å². The topological polar surface area (TPSA) is 47.0 Å². The molecule has 1 aromatic rings. The quantitative estimate of drug-likeness (QED) is 0.866. The van der Waals surface area contributed by atoms with Gasteiger partial charge >= 0.3 is 0 Å². The van der Waals surface area contributed by atoms with Crippen LogP contribution in [-0.4, -0.2) is 23.6 Å². The van der Waals surface area contributed by atoms with Crippen LogP contribution >= 0.6 is 0 Å². The Bertz CT molecular complexity index is 413. The van der Waals surface area contributed by atoms with Gasteiger partial charge in [-0.3, -0.25) is 4.98 Å². The van der Waals surface area contributed by atoms with Gasteiger partial charge in [0.1, 0.15) is 5.69 Å². The first-order valence-corrected chi connectivity index (χ1v) is 6.95. The molecular formula is C14H21N3O. The van der Waals surface area contributed by atoms with Crippen LogP contribution in [0.3, 0.4) is 0 Å². The SMILES string of the molecule is CCNC(c1nccnc1OC)C1C2CCCC21. The van der Waals surface area contributed by atoms with Gasteiger partial charge in [0, 0.05) is 12.4 Å².